The highest BCUT2D eigenvalue weighted by molar-refractivity contribution is 5.12. The molecule has 0 saturated carbocycles. The van der Waals surface area contributed by atoms with Gasteiger partial charge in [-0.25, -0.2) is 0 Å². The van der Waals surface area contributed by atoms with Crippen LogP contribution in [0.5, 0.6) is 0 Å². The lowest BCUT2D eigenvalue weighted by molar-refractivity contribution is 0.0370. The van der Waals surface area contributed by atoms with Crippen molar-refractivity contribution in [2.24, 2.45) is 0 Å². The van der Waals surface area contributed by atoms with E-state index in [1.807, 2.05) is 51.1 Å². The molecule has 0 bridgehead atoms. The predicted octanol–water partition coefficient (Wildman–Crippen LogP) is 1.24. The fraction of sp³-hybridized carbons (Fsp3) is 0.714. The Morgan fingerprint density at radius 3 is 1.28 bits per heavy atom. The molecule has 0 fully saturated rings. The molecule has 0 saturated heterocycles. The van der Waals surface area contributed by atoms with Gasteiger partial charge in [0.05, 0.1) is 59.5 Å². The highest BCUT2D eigenvalue weighted by atomic mass is 16.5. The number of ether oxygens (including phenoxy) is 4. The molecule has 8 nitrogen and oxygen atoms in total. The van der Waals surface area contributed by atoms with Crippen molar-refractivity contribution in [3.05, 3.63) is 35.9 Å². The molecule has 0 aliphatic heterocycles. The maximum atomic E-state index is 8.54. The van der Waals surface area contributed by atoms with E-state index in [-0.39, 0.29) is 26.4 Å². The van der Waals surface area contributed by atoms with E-state index < -0.39 is 0 Å². The molecule has 0 aliphatic rings. The minimum absolute atomic E-state index is 0.0278. The summed E-state index contributed by atoms with van der Waals surface area (Å²) in [6.07, 6.45) is 0. The Labute approximate surface area is 176 Å². The molecule has 1 aromatic rings. The maximum absolute atomic E-state index is 8.54. The molecule has 0 radical (unpaired) electrons. The first kappa shape index (κ1) is 32.6. The first-order valence-electron chi connectivity index (χ1n) is 9.96. The summed E-state index contributed by atoms with van der Waals surface area (Å²) < 4.78 is 19.3. The van der Waals surface area contributed by atoms with Crippen molar-refractivity contribution >= 4 is 0 Å². The first-order chi connectivity index (χ1) is 14.2. The lowest BCUT2D eigenvalue weighted by atomic mass is 10.2. The number of aliphatic hydroxyl groups excluding tert-OH is 4. The number of benzene rings is 1. The molecular formula is C21H42O8. The molecule has 174 valence electrons. The summed E-state index contributed by atoms with van der Waals surface area (Å²) in [6.45, 7) is 10.9. The third-order valence-electron chi connectivity index (χ3n) is 2.72. The van der Waals surface area contributed by atoms with Crippen molar-refractivity contribution in [1.82, 2.24) is 0 Å². The number of rotatable bonds is 13. The normalized spacial score (nSPS) is 9.34. The zero-order valence-corrected chi connectivity index (χ0v) is 18.3. The van der Waals surface area contributed by atoms with Crippen LogP contribution >= 0.6 is 0 Å². The molecule has 0 spiro atoms. The number of aliphatic hydroxyl groups is 4. The van der Waals surface area contributed by atoms with Gasteiger partial charge >= 0.3 is 0 Å². The minimum Gasteiger partial charge on any atom is -0.394 e. The van der Waals surface area contributed by atoms with E-state index in [1.54, 1.807) is 0 Å². The highest BCUT2D eigenvalue weighted by Crippen LogP contribution is 1.95. The van der Waals surface area contributed by atoms with Gasteiger partial charge in [0.1, 0.15) is 0 Å². The van der Waals surface area contributed by atoms with Crippen LogP contribution in [-0.4, -0.2) is 93.1 Å². The van der Waals surface area contributed by atoms with Gasteiger partial charge in [-0.05, 0) is 26.3 Å². The monoisotopic (exact) mass is 422 g/mol. The average Bonchev–Trinajstić information content (AvgIpc) is 2.77. The third kappa shape index (κ3) is 38.2. The topological polar surface area (TPSA) is 118 Å². The Balaban J connectivity index is -0.000000317. The van der Waals surface area contributed by atoms with Crippen molar-refractivity contribution in [3.63, 3.8) is 0 Å². The molecule has 8 heteroatoms. The second-order valence-corrected chi connectivity index (χ2v) is 5.02. The van der Waals surface area contributed by atoms with Gasteiger partial charge in [-0.2, -0.15) is 0 Å². The summed E-state index contributed by atoms with van der Waals surface area (Å²) >= 11 is 0. The molecule has 0 aromatic heterocycles. The summed E-state index contributed by atoms with van der Waals surface area (Å²) in [5, 5.41) is 33.0. The summed E-state index contributed by atoms with van der Waals surface area (Å²) in [6, 6.07) is 9.52. The molecule has 1 rings (SSSR count). The van der Waals surface area contributed by atoms with Crippen LogP contribution in [0.2, 0.25) is 0 Å². The Morgan fingerprint density at radius 1 is 0.552 bits per heavy atom. The van der Waals surface area contributed by atoms with Crippen LogP contribution in [0.3, 0.4) is 0 Å². The quantitative estimate of drug-likeness (QED) is 0.351. The smallest absolute Gasteiger partial charge is 0.0701 e. The summed E-state index contributed by atoms with van der Waals surface area (Å²) in [4.78, 5) is 0. The Bertz CT molecular complexity index is 340. The fourth-order valence-corrected chi connectivity index (χ4v) is 1.45. The van der Waals surface area contributed by atoms with Gasteiger partial charge in [0.25, 0.3) is 0 Å². The third-order valence-corrected chi connectivity index (χ3v) is 2.72. The zero-order chi connectivity index (χ0) is 22.4. The number of hydrogen-bond donors (Lipinski definition) is 4. The molecule has 0 heterocycles. The van der Waals surface area contributed by atoms with E-state index in [2.05, 4.69) is 4.74 Å². The van der Waals surface area contributed by atoms with Gasteiger partial charge in [-0.1, -0.05) is 30.3 Å². The second kappa shape index (κ2) is 34.4. The largest absolute Gasteiger partial charge is 0.394 e. The molecule has 0 aliphatic carbocycles. The van der Waals surface area contributed by atoms with Crippen LogP contribution in [-0.2, 0) is 25.6 Å². The Hall–Kier alpha value is -1.10. The van der Waals surface area contributed by atoms with Gasteiger partial charge in [0.2, 0.25) is 0 Å². The SMILES string of the molecule is CCOCC.CCOCCOCCO.OCCOCCO.OCc1ccccc1. The van der Waals surface area contributed by atoms with Gasteiger partial charge in [0, 0.05) is 19.8 Å². The van der Waals surface area contributed by atoms with Crippen LogP contribution in [0.1, 0.15) is 26.3 Å². The van der Waals surface area contributed by atoms with Crippen molar-refractivity contribution in [1.29, 1.82) is 0 Å². The van der Waals surface area contributed by atoms with Crippen LogP contribution in [0, 0.1) is 0 Å². The second-order valence-electron chi connectivity index (χ2n) is 5.02. The molecule has 0 amide bonds. The summed E-state index contributed by atoms with van der Waals surface area (Å²) in [7, 11) is 0. The molecule has 0 atom stereocenters. The summed E-state index contributed by atoms with van der Waals surface area (Å²) in [5.74, 6) is 0. The van der Waals surface area contributed by atoms with Crippen LogP contribution in [0.15, 0.2) is 30.3 Å². The number of hydrogen-bond acceptors (Lipinski definition) is 8. The van der Waals surface area contributed by atoms with E-state index in [9.17, 15) is 0 Å². The van der Waals surface area contributed by atoms with Crippen molar-refractivity contribution in [2.75, 3.05) is 72.7 Å². The van der Waals surface area contributed by atoms with E-state index in [4.69, 9.17) is 34.6 Å². The Kier molecular flexibility index (Phi) is 38.6. The average molecular weight is 423 g/mol. The van der Waals surface area contributed by atoms with E-state index in [1.165, 1.54) is 0 Å². The zero-order valence-electron chi connectivity index (χ0n) is 18.3. The standard InChI is InChI=1S/C7H8O.C6H14O3.C4H10O3.C4H10O/c8-6-7-4-2-1-3-5-7;1-2-8-5-6-9-4-3-7;5-1-3-7-4-2-6;1-3-5-4-2/h1-5,8H,6H2;7H,2-6H2,1H3;5-6H,1-4H2;3-4H2,1-2H3. The first-order valence-corrected chi connectivity index (χ1v) is 9.96. The molecule has 29 heavy (non-hydrogen) atoms. The van der Waals surface area contributed by atoms with Crippen molar-refractivity contribution < 1.29 is 39.4 Å². The lowest BCUT2D eigenvalue weighted by Gasteiger charge is -2.00. The van der Waals surface area contributed by atoms with Crippen LogP contribution in [0.25, 0.3) is 0 Å². The van der Waals surface area contributed by atoms with Gasteiger partial charge in [-0.15, -0.1) is 0 Å². The van der Waals surface area contributed by atoms with Gasteiger partial charge < -0.3 is 39.4 Å². The lowest BCUT2D eigenvalue weighted by Crippen LogP contribution is -2.06. The van der Waals surface area contributed by atoms with Gasteiger partial charge in [-0.3, -0.25) is 0 Å². The van der Waals surface area contributed by atoms with Crippen LogP contribution < -0.4 is 0 Å². The minimum atomic E-state index is 0.0278. The van der Waals surface area contributed by atoms with E-state index in [0.29, 0.717) is 33.0 Å². The molecule has 0 unspecified atom stereocenters. The van der Waals surface area contributed by atoms with Crippen molar-refractivity contribution in [2.45, 2.75) is 27.4 Å². The molecular weight excluding hydrogens is 380 g/mol. The maximum Gasteiger partial charge on any atom is 0.0701 e. The Morgan fingerprint density at radius 2 is 0.966 bits per heavy atom. The molecule has 4 N–H and O–H groups in total. The fourth-order valence-electron chi connectivity index (χ4n) is 1.45. The molecule has 1 aromatic carbocycles. The van der Waals surface area contributed by atoms with Crippen molar-refractivity contribution in [3.8, 4) is 0 Å². The summed E-state index contributed by atoms with van der Waals surface area (Å²) in [5.41, 5.74) is 0.965. The predicted molar refractivity (Wildman–Crippen MR) is 114 cm³/mol. The van der Waals surface area contributed by atoms with E-state index in [0.717, 1.165) is 25.4 Å². The highest BCUT2D eigenvalue weighted by Gasteiger charge is 1.84. The van der Waals surface area contributed by atoms with E-state index >= 15 is 0 Å². The van der Waals surface area contributed by atoms with Gasteiger partial charge in [0.15, 0.2) is 0 Å². The van der Waals surface area contributed by atoms with Crippen LogP contribution in [0.4, 0.5) is 0 Å².